The fourth-order valence-electron chi connectivity index (χ4n) is 2.02. The lowest BCUT2D eigenvalue weighted by atomic mass is 10.2. The minimum absolute atomic E-state index is 0.338. The van der Waals surface area contributed by atoms with Crippen LogP contribution in [0.15, 0.2) is 42.2 Å². The molecule has 5 heteroatoms. The summed E-state index contributed by atoms with van der Waals surface area (Å²) in [6.07, 6.45) is 1.54. The monoisotopic (exact) mass is 350 g/mol. The number of carbonyl (C=O) groups is 1. The largest absolute Gasteiger partial charge is 0.443 e. The quantitative estimate of drug-likeness (QED) is 0.720. The third kappa shape index (κ3) is 7.77. The standard InChI is InChI=1S/C19H30N2O2S/c1-7-24-15-17(14-21(6)18(22)23-19(2,3)4)20(5)13-16-11-9-8-10-12-16/h8-12,14H,7,13,15H2,1-6H3/b17-14+. The van der Waals surface area contributed by atoms with E-state index in [-0.39, 0.29) is 6.09 Å². The van der Waals surface area contributed by atoms with Crippen LogP contribution in [-0.2, 0) is 11.3 Å². The number of hydrogen-bond acceptors (Lipinski definition) is 4. The van der Waals surface area contributed by atoms with Crippen molar-refractivity contribution in [2.45, 2.75) is 39.8 Å². The minimum Gasteiger partial charge on any atom is -0.443 e. The summed E-state index contributed by atoms with van der Waals surface area (Å²) in [4.78, 5) is 15.9. The Morgan fingerprint density at radius 3 is 2.38 bits per heavy atom. The van der Waals surface area contributed by atoms with Crippen LogP contribution in [0.4, 0.5) is 4.79 Å². The number of thioether (sulfide) groups is 1. The van der Waals surface area contributed by atoms with Crippen molar-refractivity contribution >= 4 is 17.9 Å². The summed E-state index contributed by atoms with van der Waals surface area (Å²) >= 11 is 1.83. The zero-order valence-corrected chi connectivity index (χ0v) is 16.5. The molecule has 1 rings (SSSR count). The van der Waals surface area contributed by atoms with Crippen LogP contribution in [0, 0.1) is 0 Å². The molecule has 0 saturated heterocycles. The number of amides is 1. The van der Waals surface area contributed by atoms with E-state index in [1.807, 2.05) is 56.9 Å². The second kappa shape index (κ2) is 9.62. The lowest BCUT2D eigenvalue weighted by Gasteiger charge is -2.26. The number of carbonyl (C=O) groups excluding carboxylic acids is 1. The maximum atomic E-state index is 12.2. The minimum atomic E-state index is -0.493. The molecule has 0 aliphatic carbocycles. The normalized spacial score (nSPS) is 12.0. The van der Waals surface area contributed by atoms with E-state index in [1.165, 1.54) is 10.5 Å². The zero-order chi connectivity index (χ0) is 18.2. The van der Waals surface area contributed by atoms with Crippen molar-refractivity contribution in [2.24, 2.45) is 0 Å². The maximum Gasteiger partial charge on any atom is 0.414 e. The van der Waals surface area contributed by atoms with Gasteiger partial charge < -0.3 is 9.64 Å². The van der Waals surface area contributed by atoms with Crippen LogP contribution in [0.5, 0.6) is 0 Å². The summed E-state index contributed by atoms with van der Waals surface area (Å²) in [5.74, 6) is 1.89. The Hall–Kier alpha value is -1.62. The highest BCUT2D eigenvalue weighted by atomic mass is 32.2. The third-order valence-electron chi connectivity index (χ3n) is 3.23. The van der Waals surface area contributed by atoms with Gasteiger partial charge in [0, 0.05) is 38.3 Å². The van der Waals surface area contributed by atoms with E-state index in [9.17, 15) is 4.79 Å². The predicted molar refractivity (Wildman–Crippen MR) is 103 cm³/mol. The summed E-state index contributed by atoms with van der Waals surface area (Å²) in [5.41, 5.74) is 1.85. The van der Waals surface area contributed by atoms with Gasteiger partial charge in [-0.2, -0.15) is 11.8 Å². The van der Waals surface area contributed by atoms with Gasteiger partial charge in [-0.3, -0.25) is 4.90 Å². The molecule has 0 spiro atoms. The molecule has 0 N–H and O–H groups in total. The van der Waals surface area contributed by atoms with Gasteiger partial charge in [-0.15, -0.1) is 0 Å². The highest BCUT2D eigenvalue weighted by molar-refractivity contribution is 7.99. The molecule has 0 atom stereocenters. The van der Waals surface area contributed by atoms with Gasteiger partial charge in [-0.1, -0.05) is 37.3 Å². The van der Waals surface area contributed by atoms with Crippen LogP contribution in [-0.4, -0.2) is 47.1 Å². The van der Waals surface area contributed by atoms with Crippen molar-refractivity contribution in [2.75, 3.05) is 25.6 Å². The van der Waals surface area contributed by atoms with Crippen LogP contribution in [0.1, 0.15) is 33.3 Å². The Balaban J connectivity index is 2.83. The van der Waals surface area contributed by atoms with Crippen LogP contribution < -0.4 is 0 Å². The van der Waals surface area contributed by atoms with Crippen molar-refractivity contribution in [3.8, 4) is 0 Å². The van der Waals surface area contributed by atoms with E-state index in [4.69, 9.17) is 4.74 Å². The number of benzene rings is 1. The first-order valence-electron chi connectivity index (χ1n) is 8.22. The lowest BCUT2D eigenvalue weighted by molar-refractivity contribution is 0.0368. The molecule has 24 heavy (non-hydrogen) atoms. The maximum absolute atomic E-state index is 12.2. The molecule has 134 valence electrons. The van der Waals surface area contributed by atoms with Gasteiger partial charge in [0.1, 0.15) is 5.60 Å². The van der Waals surface area contributed by atoms with Gasteiger partial charge in [0.2, 0.25) is 0 Å². The second-order valence-corrected chi connectivity index (χ2v) is 7.96. The van der Waals surface area contributed by atoms with Crippen molar-refractivity contribution < 1.29 is 9.53 Å². The Labute approximate surface area is 150 Å². The fraction of sp³-hybridized carbons (Fsp3) is 0.526. The van der Waals surface area contributed by atoms with E-state index in [2.05, 4.69) is 31.0 Å². The summed E-state index contributed by atoms with van der Waals surface area (Å²) in [7, 11) is 3.79. The summed E-state index contributed by atoms with van der Waals surface area (Å²) < 4.78 is 5.42. The number of hydrogen-bond donors (Lipinski definition) is 0. The first-order chi connectivity index (χ1) is 11.2. The second-order valence-electron chi connectivity index (χ2n) is 6.69. The molecule has 1 aromatic rings. The molecule has 0 aliphatic rings. The number of rotatable bonds is 7. The third-order valence-corrected chi connectivity index (χ3v) is 4.14. The molecule has 4 nitrogen and oxygen atoms in total. The van der Waals surface area contributed by atoms with Crippen LogP contribution in [0.3, 0.4) is 0 Å². The van der Waals surface area contributed by atoms with Gasteiger partial charge in [-0.05, 0) is 32.1 Å². The van der Waals surface area contributed by atoms with Crippen LogP contribution in [0.25, 0.3) is 0 Å². The Kier molecular flexibility index (Phi) is 8.19. The Morgan fingerprint density at radius 2 is 1.83 bits per heavy atom. The fourth-order valence-corrected chi connectivity index (χ4v) is 2.73. The predicted octanol–water partition coefficient (Wildman–Crippen LogP) is 4.58. The first-order valence-corrected chi connectivity index (χ1v) is 9.37. The van der Waals surface area contributed by atoms with E-state index in [0.717, 1.165) is 23.7 Å². The van der Waals surface area contributed by atoms with Gasteiger partial charge in [-0.25, -0.2) is 4.79 Å². The summed E-state index contributed by atoms with van der Waals surface area (Å²) in [5, 5.41) is 0. The topological polar surface area (TPSA) is 32.8 Å². The average molecular weight is 351 g/mol. The molecule has 1 aromatic carbocycles. The molecule has 0 aliphatic heterocycles. The average Bonchev–Trinajstić information content (AvgIpc) is 2.50. The molecule has 0 aromatic heterocycles. The van der Waals surface area contributed by atoms with Gasteiger partial charge in [0.15, 0.2) is 0 Å². The van der Waals surface area contributed by atoms with Crippen LogP contribution >= 0.6 is 11.8 Å². The lowest BCUT2D eigenvalue weighted by Crippen LogP contribution is -2.32. The smallest absolute Gasteiger partial charge is 0.414 e. The molecule has 0 fully saturated rings. The number of ether oxygens (including phenoxy) is 1. The van der Waals surface area contributed by atoms with E-state index >= 15 is 0 Å². The van der Waals surface area contributed by atoms with E-state index in [0.29, 0.717) is 0 Å². The Bertz CT molecular complexity index is 538. The van der Waals surface area contributed by atoms with Crippen molar-refractivity contribution in [3.05, 3.63) is 47.8 Å². The highest BCUT2D eigenvalue weighted by Crippen LogP contribution is 2.16. The molecule has 0 heterocycles. The summed E-state index contributed by atoms with van der Waals surface area (Å²) in [6, 6.07) is 10.3. The van der Waals surface area contributed by atoms with E-state index < -0.39 is 5.60 Å². The molecular weight excluding hydrogens is 320 g/mol. The highest BCUT2D eigenvalue weighted by Gasteiger charge is 2.19. The number of nitrogens with zero attached hydrogens (tertiary/aromatic N) is 2. The molecule has 0 unspecified atom stereocenters. The van der Waals surface area contributed by atoms with Gasteiger partial charge in [0.05, 0.1) is 0 Å². The molecule has 0 radical (unpaired) electrons. The SMILES string of the molecule is CCSC/C(=C\N(C)C(=O)OC(C)(C)C)N(C)Cc1ccccc1. The van der Waals surface area contributed by atoms with Crippen molar-refractivity contribution in [1.29, 1.82) is 0 Å². The van der Waals surface area contributed by atoms with Crippen molar-refractivity contribution in [3.63, 3.8) is 0 Å². The van der Waals surface area contributed by atoms with Gasteiger partial charge in [0.25, 0.3) is 0 Å². The Morgan fingerprint density at radius 1 is 1.21 bits per heavy atom. The van der Waals surface area contributed by atoms with Gasteiger partial charge >= 0.3 is 6.09 Å². The van der Waals surface area contributed by atoms with Crippen LogP contribution in [0.2, 0.25) is 0 Å². The molecule has 0 bridgehead atoms. The molecular formula is C19H30N2O2S. The van der Waals surface area contributed by atoms with E-state index in [1.54, 1.807) is 7.05 Å². The van der Waals surface area contributed by atoms with Crippen molar-refractivity contribution in [1.82, 2.24) is 9.80 Å². The summed E-state index contributed by atoms with van der Waals surface area (Å²) in [6.45, 7) is 8.56. The zero-order valence-electron chi connectivity index (χ0n) is 15.7. The molecule has 1 amide bonds. The first kappa shape index (κ1) is 20.4. The molecule has 0 saturated carbocycles.